The lowest BCUT2D eigenvalue weighted by Crippen LogP contribution is -2.23. The third-order valence-electron chi connectivity index (χ3n) is 3.30. The van der Waals surface area contributed by atoms with Gasteiger partial charge in [0.2, 0.25) is 10.0 Å². The van der Waals surface area contributed by atoms with Crippen LogP contribution in [-0.4, -0.2) is 25.3 Å². The first-order valence-corrected chi connectivity index (χ1v) is 7.74. The normalized spacial score (nSPS) is 11.6. The average Bonchev–Trinajstić information content (AvgIpc) is 2.77. The van der Waals surface area contributed by atoms with Crippen molar-refractivity contribution in [1.29, 1.82) is 0 Å². The second kappa shape index (κ2) is 5.74. The van der Waals surface area contributed by atoms with Crippen molar-refractivity contribution in [3.8, 4) is 5.75 Å². The van der Waals surface area contributed by atoms with E-state index in [4.69, 9.17) is 10.5 Å². The number of methoxy groups -OCH3 is 1. The summed E-state index contributed by atoms with van der Waals surface area (Å²) in [5.41, 5.74) is 7.80. The molecule has 0 saturated heterocycles. The van der Waals surface area contributed by atoms with Gasteiger partial charge in [-0.05, 0) is 19.1 Å². The second-order valence-electron chi connectivity index (χ2n) is 4.61. The molecule has 2 aromatic rings. The number of hydrogen-bond donors (Lipinski definition) is 2. The molecule has 0 bridgehead atoms. The van der Waals surface area contributed by atoms with Crippen LogP contribution in [0.3, 0.4) is 0 Å². The number of ether oxygens (including phenoxy) is 1. The number of hydrogen-bond acceptors (Lipinski definition) is 5. The Labute approximate surface area is 123 Å². The van der Waals surface area contributed by atoms with Crippen LogP contribution in [-0.2, 0) is 23.6 Å². The Kier molecular flexibility index (Phi) is 4.19. The third-order valence-corrected chi connectivity index (χ3v) is 4.70. The summed E-state index contributed by atoms with van der Waals surface area (Å²) < 4.78 is 33.8. The number of nitrogens with two attached hydrogens (primary N) is 1. The molecular formula is C13H18N4O3S. The van der Waals surface area contributed by atoms with Crippen molar-refractivity contribution in [3.63, 3.8) is 0 Å². The summed E-state index contributed by atoms with van der Waals surface area (Å²) in [5, 5.41) is 4.07. The molecule has 0 unspecified atom stereocenters. The van der Waals surface area contributed by atoms with Crippen LogP contribution >= 0.6 is 0 Å². The minimum atomic E-state index is -3.64. The minimum absolute atomic E-state index is 0.107. The van der Waals surface area contributed by atoms with Crippen LogP contribution < -0.4 is 15.2 Å². The lowest BCUT2D eigenvalue weighted by atomic mass is 10.3. The molecule has 0 aliphatic carbocycles. The lowest BCUT2D eigenvalue weighted by molar-refractivity contribution is 0.415. The van der Waals surface area contributed by atoms with Crippen LogP contribution in [0.25, 0.3) is 0 Å². The molecule has 0 radical (unpaired) electrons. The molecule has 0 amide bonds. The molecule has 21 heavy (non-hydrogen) atoms. The summed E-state index contributed by atoms with van der Waals surface area (Å²) in [4.78, 5) is 0.107. The number of nitrogen functional groups attached to an aromatic ring is 1. The van der Waals surface area contributed by atoms with Gasteiger partial charge in [-0.2, -0.15) is 5.10 Å². The van der Waals surface area contributed by atoms with Gasteiger partial charge >= 0.3 is 0 Å². The molecule has 0 aliphatic rings. The van der Waals surface area contributed by atoms with E-state index in [1.807, 2.05) is 6.92 Å². The summed E-state index contributed by atoms with van der Waals surface area (Å²) in [6, 6.07) is 4.34. The van der Waals surface area contributed by atoms with E-state index in [1.165, 1.54) is 25.3 Å². The maximum absolute atomic E-state index is 12.3. The quantitative estimate of drug-likeness (QED) is 0.796. The zero-order valence-electron chi connectivity index (χ0n) is 12.1. The van der Waals surface area contributed by atoms with Gasteiger partial charge in [-0.25, -0.2) is 13.1 Å². The van der Waals surface area contributed by atoms with Gasteiger partial charge in [0.1, 0.15) is 5.75 Å². The molecule has 0 atom stereocenters. The maximum Gasteiger partial charge on any atom is 0.241 e. The Hall–Kier alpha value is -2.06. The molecule has 3 N–H and O–H groups in total. The van der Waals surface area contributed by atoms with E-state index in [0.29, 0.717) is 11.4 Å². The molecule has 0 aliphatic heterocycles. The summed E-state index contributed by atoms with van der Waals surface area (Å²) in [5.74, 6) is 0.329. The van der Waals surface area contributed by atoms with E-state index >= 15 is 0 Å². The first-order valence-electron chi connectivity index (χ1n) is 6.26. The molecule has 0 fully saturated rings. The summed E-state index contributed by atoms with van der Waals surface area (Å²) >= 11 is 0. The van der Waals surface area contributed by atoms with E-state index in [-0.39, 0.29) is 11.4 Å². The number of sulfonamides is 1. The van der Waals surface area contributed by atoms with Gasteiger partial charge in [-0.1, -0.05) is 0 Å². The lowest BCUT2D eigenvalue weighted by Gasteiger charge is -2.09. The Balaban J connectivity index is 2.20. The largest absolute Gasteiger partial charge is 0.495 e. The number of aryl methyl sites for hydroxylation is 1. The fourth-order valence-electron chi connectivity index (χ4n) is 1.83. The standard InChI is InChI=1S/C13H18N4O3S/c1-9-10(7-15-17(9)2)8-16-21(18,19)11-4-5-12(14)13(6-11)20-3/h4-7,16H,8,14H2,1-3H3. The highest BCUT2D eigenvalue weighted by molar-refractivity contribution is 7.89. The van der Waals surface area contributed by atoms with E-state index in [1.54, 1.807) is 17.9 Å². The first kappa shape index (κ1) is 15.3. The van der Waals surface area contributed by atoms with Gasteiger partial charge < -0.3 is 10.5 Å². The monoisotopic (exact) mass is 310 g/mol. The van der Waals surface area contributed by atoms with Gasteiger partial charge in [0.05, 0.1) is 23.9 Å². The van der Waals surface area contributed by atoms with Crippen LogP contribution in [0.15, 0.2) is 29.3 Å². The number of nitrogens with one attached hydrogen (secondary N) is 1. The molecule has 1 aromatic heterocycles. The molecule has 0 spiro atoms. The van der Waals surface area contributed by atoms with Crippen molar-refractivity contribution in [1.82, 2.24) is 14.5 Å². The zero-order chi connectivity index (χ0) is 15.6. The van der Waals surface area contributed by atoms with Crippen LogP contribution in [0.2, 0.25) is 0 Å². The van der Waals surface area contributed by atoms with Crippen molar-refractivity contribution in [3.05, 3.63) is 35.7 Å². The maximum atomic E-state index is 12.3. The van der Waals surface area contributed by atoms with Crippen LogP contribution in [0.4, 0.5) is 5.69 Å². The third kappa shape index (κ3) is 3.17. The Morgan fingerprint density at radius 3 is 2.71 bits per heavy atom. The van der Waals surface area contributed by atoms with Crippen molar-refractivity contribution in [2.75, 3.05) is 12.8 Å². The highest BCUT2D eigenvalue weighted by Gasteiger charge is 2.16. The highest BCUT2D eigenvalue weighted by atomic mass is 32.2. The van der Waals surface area contributed by atoms with Crippen LogP contribution in [0.1, 0.15) is 11.3 Å². The topological polar surface area (TPSA) is 99.2 Å². The second-order valence-corrected chi connectivity index (χ2v) is 6.37. The zero-order valence-corrected chi connectivity index (χ0v) is 12.9. The SMILES string of the molecule is COc1cc(S(=O)(=O)NCc2cnn(C)c2C)ccc1N. The van der Waals surface area contributed by atoms with Gasteiger partial charge in [-0.3, -0.25) is 4.68 Å². The number of aromatic nitrogens is 2. The molecular weight excluding hydrogens is 292 g/mol. The van der Waals surface area contributed by atoms with Crippen molar-refractivity contribution in [2.45, 2.75) is 18.4 Å². The summed E-state index contributed by atoms with van der Waals surface area (Å²) in [7, 11) is -0.395. The molecule has 7 nitrogen and oxygen atoms in total. The molecule has 1 aromatic carbocycles. The predicted molar refractivity (Wildman–Crippen MR) is 79.4 cm³/mol. The highest BCUT2D eigenvalue weighted by Crippen LogP contribution is 2.24. The van der Waals surface area contributed by atoms with E-state index in [9.17, 15) is 8.42 Å². The number of nitrogens with zero attached hydrogens (tertiary/aromatic N) is 2. The average molecular weight is 310 g/mol. The van der Waals surface area contributed by atoms with Gasteiger partial charge in [0.15, 0.2) is 0 Å². The molecule has 1 heterocycles. The Morgan fingerprint density at radius 2 is 2.14 bits per heavy atom. The number of benzene rings is 1. The van der Waals surface area contributed by atoms with Gasteiger partial charge in [-0.15, -0.1) is 0 Å². The van der Waals surface area contributed by atoms with Crippen LogP contribution in [0, 0.1) is 6.92 Å². The molecule has 2 rings (SSSR count). The van der Waals surface area contributed by atoms with E-state index < -0.39 is 10.0 Å². The Bertz CT molecular complexity index is 753. The molecule has 8 heteroatoms. The summed E-state index contributed by atoms with van der Waals surface area (Å²) in [6.07, 6.45) is 1.64. The molecule has 0 saturated carbocycles. The fraction of sp³-hybridized carbons (Fsp3) is 0.308. The van der Waals surface area contributed by atoms with Crippen molar-refractivity contribution >= 4 is 15.7 Å². The van der Waals surface area contributed by atoms with Gasteiger partial charge in [0, 0.05) is 30.9 Å². The van der Waals surface area contributed by atoms with E-state index in [0.717, 1.165) is 11.3 Å². The van der Waals surface area contributed by atoms with E-state index in [2.05, 4.69) is 9.82 Å². The van der Waals surface area contributed by atoms with Gasteiger partial charge in [0.25, 0.3) is 0 Å². The predicted octanol–water partition coefficient (Wildman–Crippen LogP) is 0.798. The van der Waals surface area contributed by atoms with Crippen LogP contribution in [0.5, 0.6) is 5.75 Å². The first-order chi connectivity index (χ1) is 9.85. The fourth-order valence-corrected chi connectivity index (χ4v) is 2.85. The molecule has 114 valence electrons. The smallest absolute Gasteiger partial charge is 0.241 e. The number of anilines is 1. The number of rotatable bonds is 5. The summed E-state index contributed by atoms with van der Waals surface area (Å²) in [6.45, 7) is 2.05. The van der Waals surface area contributed by atoms with Crippen molar-refractivity contribution in [2.24, 2.45) is 7.05 Å². The minimum Gasteiger partial charge on any atom is -0.495 e. The Morgan fingerprint density at radius 1 is 1.43 bits per heavy atom. The van der Waals surface area contributed by atoms with Crippen molar-refractivity contribution < 1.29 is 13.2 Å².